The first-order valence-corrected chi connectivity index (χ1v) is 8.91. The van der Waals surface area contributed by atoms with Gasteiger partial charge in [-0.25, -0.2) is 0 Å². The van der Waals surface area contributed by atoms with Crippen LogP contribution in [0.1, 0.15) is 16.5 Å². The molecule has 23 heavy (non-hydrogen) atoms. The number of rotatable bonds is 3. The van der Waals surface area contributed by atoms with E-state index < -0.39 is 0 Å². The molecule has 2 heterocycles. The van der Waals surface area contributed by atoms with Crippen LogP contribution in [0.25, 0.3) is 10.8 Å². The van der Waals surface area contributed by atoms with Gasteiger partial charge in [0.05, 0.1) is 6.04 Å². The number of nitrogens with zero attached hydrogens (tertiary/aromatic N) is 1. The van der Waals surface area contributed by atoms with Crippen LogP contribution >= 0.6 is 11.3 Å². The molecular weight excluding hydrogens is 304 g/mol. The van der Waals surface area contributed by atoms with Gasteiger partial charge in [-0.15, -0.1) is 11.3 Å². The van der Waals surface area contributed by atoms with E-state index in [1.54, 1.807) is 0 Å². The number of phenols is 1. The summed E-state index contributed by atoms with van der Waals surface area (Å²) in [6.45, 7) is 4.13. The first kappa shape index (κ1) is 14.7. The number of piperazine rings is 1. The summed E-state index contributed by atoms with van der Waals surface area (Å²) in [4.78, 5) is 3.91. The lowest BCUT2D eigenvalue weighted by atomic mass is 9.95. The van der Waals surface area contributed by atoms with Gasteiger partial charge in [-0.2, -0.15) is 0 Å². The lowest BCUT2D eigenvalue weighted by Crippen LogP contribution is -2.45. The molecular formula is C19H20N2OS. The van der Waals surface area contributed by atoms with Crippen molar-refractivity contribution >= 4 is 22.1 Å². The van der Waals surface area contributed by atoms with Gasteiger partial charge in [-0.05, 0) is 28.5 Å². The third kappa shape index (κ3) is 2.74. The summed E-state index contributed by atoms with van der Waals surface area (Å²) in [6, 6.07) is 16.7. The highest BCUT2D eigenvalue weighted by atomic mass is 32.1. The van der Waals surface area contributed by atoms with Crippen molar-refractivity contribution in [1.82, 2.24) is 10.2 Å². The Hall–Kier alpha value is -1.88. The zero-order chi connectivity index (χ0) is 15.6. The number of hydrogen-bond acceptors (Lipinski definition) is 4. The van der Waals surface area contributed by atoms with Crippen molar-refractivity contribution in [3.8, 4) is 5.75 Å². The first-order chi connectivity index (χ1) is 11.3. The number of benzene rings is 2. The molecule has 1 aliphatic rings. The fourth-order valence-electron chi connectivity index (χ4n) is 3.46. The van der Waals surface area contributed by atoms with Crippen LogP contribution < -0.4 is 5.32 Å². The molecule has 1 saturated heterocycles. The van der Waals surface area contributed by atoms with Crippen molar-refractivity contribution in [3.05, 3.63) is 64.4 Å². The minimum atomic E-state index is 0.252. The summed E-state index contributed by atoms with van der Waals surface area (Å²) < 4.78 is 0. The van der Waals surface area contributed by atoms with Crippen LogP contribution in [0.4, 0.5) is 0 Å². The Balaban J connectivity index is 1.88. The predicted molar refractivity (Wildman–Crippen MR) is 96.2 cm³/mol. The van der Waals surface area contributed by atoms with Crippen molar-refractivity contribution in [2.24, 2.45) is 0 Å². The molecule has 4 heteroatoms. The highest BCUT2D eigenvalue weighted by molar-refractivity contribution is 7.10. The van der Waals surface area contributed by atoms with Gasteiger partial charge in [0.2, 0.25) is 0 Å². The molecule has 1 aromatic heterocycles. The van der Waals surface area contributed by atoms with Gasteiger partial charge in [0.15, 0.2) is 0 Å². The molecule has 4 rings (SSSR count). The van der Waals surface area contributed by atoms with Crippen LogP contribution in [0.3, 0.4) is 0 Å². The normalized spacial score (nSPS) is 17.4. The molecule has 0 saturated carbocycles. The van der Waals surface area contributed by atoms with E-state index >= 15 is 0 Å². The zero-order valence-corrected chi connectivity index (χ0v) is 13.7. The van der Waals surface area contributed by atoms with Crippen molar-refractivity contribution in [2.45, 2.75) is 6.04 Å². The zero-order valence-electron chi connectivity index (χ0n) is 12.9. The standard InChI is InChI=1S/C19H20N2OS/c22-17-8-7-16(14-4-1-2-5-15(14)17)19(18-6-3-13-23-18)21-11-9-20-10-12-21/h1-8,13,19-20,22H,9-12H2/t19-/m0/s1. The maximum absolute atomic E-state index is 10.2. The average molecular weight is 324 g/mol. The summed E-state index contributed by atoms with van der Waals surface area (Å²) in [7, 11) is 0. The molecule has 3 nitrogen and oxygen atoms in total. The van der Waals surface area contributed by atoms with Gasteiger partial charge in [-0.3, -0.25) is 4.90 Å². The second-order valence-electron chi connectivity index (χ2n) is 5.92. The molecule has 1 fully saturated rings. The Bertz CT molecular complexity index is 794. The van der Waals surface area contributed by atoms with E-state index in [4.69, 9.17) is 0 Å². The van der Waals surface area contributed by atoms with Crippen molar-refractivity contribution in [2.75, 3.05) is 26.2 Å². The van der Waals surface area contributed by atoms with Gasteiger partial charge in [-0.1, -0.05) is 36.4 Å². The van der Waals surface area contributed by atoms with Crippen LogP contribution in [0.2, 0.25) is 0 Å². The molecule has 2 aromatic carbocycles. The second kappa shape index (κ2) is 6.32. The lowest BCUT2D eigenvalue weighted by molar-refractivity contribution is 0.201. The minimum Gasteiger partial charge on any atom is -0.507 e. The smallest absolute Gasteiger partial charge is 0.123 e. The number of thiophene rings is 1. The lowest BCUT2D eigenvalue weighted by Gasteiger charge is -2.35. The van der Waals surface area contributed by atoms with Gasteiger partial charge in [0, 0.05) is 36.4 Å². The van der Waals surface area contributed by atoms with Gasteiger partial charge < -0.3 is 10.4 Å². The largest absolute Gasteiger partial charge is 0.507 e. The van der Waals surface area contributed by atoms with Crippen LogP contribution in [0.5, 0.6) is 5.75 Å². The Morgan fingerprint density at radius 3 is 2.48 bits per heavy atom. The second-order valence-corrected chi connectivity index (χ2v) is 6.90. The van der Waals surface area contributed by atoms with Gasteiger partial charge >= 0.3 is 0 Å². The number of aromatic hydroxyl groups is 1. The van der Waals surface area contributed by atoms with Gasteiger partial charge in [0.1, 0.15) is 5.75 Å². The maximum atomic E-state index is 10.2. The van der Waals surface area contributed by atoms with Crippen molar-refractivity contribution < 1.29 is 5.11 Å². The van der Waals surface area contributed by atoms with E-state index in [9.17, 15) is 5.11 Å². The quantitative estimate of drug-likeness (QED) is 0.773. The van der Waals surface area contributed by atoms with Crippen LogP contribution in [0, 0.1) is 0 Å². The minimum absolute atomic E-state index is 0.252. The number of fused-ring (bicyclic) bond motifs is 1. The van der Waals surface area contributed by atoms with E-state index in [0.717, 1.165) is 37.0 Å². The first-order valence-electron chi connectivity index (χ1n) is 8.03. The van der Waals surface area contributed by atoms with Crippen molar-refractivity contribution in [1.29, 1.82) is 0 Å². The number of nitrogens with one attached hydrogen (secondary N) is 1. The van der Waals surface area contributed by atoms with Crippen molar-refractivity contribution in [3.63, 3.8) is 0 Å². The number of phenolic OH excluding ortho intramolecular Hbond substituents is 1. The molecule has 1 atom stereocenters. The molecule has 0 aliphatic carbocycles. The van der Waals surface area contributed by atoms with E-state index in [2.05, 4.69) is 45.9 Å². The molecule has 0 amide bonds. The summed E-state index contributed by atoms with van der Waals surface area (Å²) in [5.41, 5.74) is 1.28. The Morgan fingerprint density at radius 1 is 0.957 bits per heavy atom. The number of hydrogen-bond donors (Lipinski definition) is 2. The van der Waals surface area contributed by atoms with Crippen LogP contribution in [-0.4, -0.2) is 36.2 Å². The summed E-state index contributed by atoms with van der Waals surface area (Å²) >= 11 is 1.81. The molecule has 1 aliphatic heterocycles. The van der Waals surface area contributed by atoms with E-state index in [0.29, 0.717) is 5.75 Å². The average Bonchev–Trinajstić information content (AvgIpc) is 3.13. The summed E-state index contributed by atoms with van der Waals surface area (Å²) in [5, 5.41) is 17.9. The monoisotopic (exact) mass is 324 g/mol. The fraction of sp³-hybridized carbons (Fsp3) is 0.263. The maximum Gasteiger partial charge on any atom is 0.123 e. The fourth-order valence-corrected chi connectivity index (χ4v) is 4.34. The van der Waals surface area contributed by atoms with Crippen LogP contribution in [0.15, 0.2) is 53.9 Å². The third-order valence-corrected chi connectivity index (χ3v) is 5.48. The highest BCUT2D eigenvalue weighted by Crippen LogP contribution is 2.38. The molecule has 0 unspecified atom stereocenters. The molecule has 0 bridgehead atoms. The Morgan fingerprint density at radius 2 is 1.74 bits per heavy atom. The third-order valence-electron chi connectivity index (χ3n) is 4.56. The predicted octanol–water partition coefficient (Wildman–Crippen LogP) is 3.60. The molecule has 0 radical (unpaired) electrons. The topological polar surface area (TPSA) is 35.5 Å². The highest BCUT2D eigenvalue weighted by Gasteiger charge is 2.26. The van der Waals surface area contributed by atoms with E-state index in [-0.39, 0.29) is 6.04 Å². The molecule has 3 aromatic rings. The molecule has 2 N–H and O–H groups in total. The Labute approximate surface area is 140 Å². The molecule has 0 spiro atoms. The SMILES string of the molecule is Oc1ccc([C@@H](c2cccs2)N2CCNCC2)c2ccccc12. The molecule has 118 valence electrons. The van der Waals surface area contributed by atoms with Crippen LogP contribution in [-0.2, 0) is 0 Å². The summed E-state index contributed by atoms with van der Waals surface area (Å²) in [6.07, 6.45) is 0. The Kier molecular flexibility index (Phi) is 4.04. The van der Waals surface area contributed by atoms with E-state index in [1.807, 2.05) is 29.5 Å². The van der Waals surface area contributed by atoms with E-state index in [1.165, 1.54) is 10.4 Å². The summed E-state index contributed by atoms with van der Waals surface area (Å²) in [5.74, 6) is 0.356. The van der Waals surface area contributed by atoms with Gasteiger partial charge in [0.25, 0.3) is 0 Å².